The predicted molar refractivity (Wildman–Crippen MR) is 130 cm³/mol. The van der Waals surface area contributed by atoms with Crippen LogP contribution < -0.4 is 15.4 Å². The number of likely N-dealkylation sites (N-methyl/N-ethyl adjacent to an activating group) is 1. The monoisotopic (exact) mass is 474 g/mol. The smallest absolute Gasteiger partial charge is 0.271 e. The van der Waals surface area contributed by atoms with Gasteiger partial charge in [-0.25, -0.2) is 0 Å². The molecule has 0 saturated heterocycles. The molecule has 35 heavy (non-hydrogen) atoms. The topological polar surface area (TPSA) is 108 Å². The Morgan fingerprint density at radius 2 is 1.83 bits per heavy atom. The molecule has 0 unspecified atom stereocenters. The number of carbonyl (C=O) groups excluding carboxylic acids is 4. The van der Waals surface area contributed by atoms with Crippen molar-refractivity contribution >= 4 is 29.3 Å². The summed E-state index contributed by atoms with van der Waals surface area (Å²) in [6.45, 7) is 12.2. The van der Waals surface area contributed by atoms with Crippen LogP contribution in [0.5, 0.6) is 5.75 Å². The molecule has 2 N–H and O–H groups in total. The maximum absolute atomic E-state index is 13.1. The van der Waals surface area contributed by atoms with Crippen LogP contribution in [0.4, 0.5) is 5.69 Å². The highest BCUT2D eigenvalue weighted by Crippen LogP contribution is 2.38. The first-order valence-corrected chi connectivity index (χ1v) is 11.2. The van der Waals surface area contributed by atoms with Crippen molar-refractivity contribution in [2.24, 2.45) is 0 Å². The van der Waals surface area contributed by atoms with E-state index in [1.165, 1.54) is 9.80 Å². The van der Waals surface area contributed by atoms with E-state index in [0.717, 1.165) is 16.7 Å². The Labute approximate surface area is 203 Å². The van der Waals surface area contributed by atoms with Gasteiger partial charge < -0.3 is 20.3 Å². The fourth-order valence-electron chi connectivity index (χ4n) is 4.15. The number of anilines is 1. The number of hydrogen-bond acceptors (Lipinski definition) is 5. The lowest BCUT2D eigenvalue weighted by Gasteiger charge is -2.22. The molecule has 9 nitrogen and oxygen atoms in total. The first-order valence-electron chi connectivity index (χ1n) is 11.2. The second kappa shape index (κ2) is 9.46. The van der Waals surface area contributed by atoms with Crippen molar-refractivity contribution in [3.63, 3.8) is 0 Å². The average Bonchev–Trinajstić information content (AvgIpc) is 3.20. The summed E-state index contributed by atoms with van der Waals surface area (Å²) in [4.78, 5) is 52.7. The van der Waals surface area contributed by atoms with Crippen LogP contribution in [0.1, 0.15) is 29.8 Å². The zero-order chi connectivity index (χ0) is 25.3. The standard InChI is InChI=1S/C26H26N4O5/c1-5-29(6-2)25(33)15(3)27-24(32)16(4)30-13-20-18(8-7-9-19(20)26(30)34)17-10-11-21-22(12-17)35-14-23(31)28-21/h7-12H,3-6,13-14H2,1-2H3,(H,27,32)(H,28,31). The molecular weight excluding hydrogens is 448 g/mol. The zero-order valence-corrected chi connectivity index (χ0v) is 19.6. The Morgan fingerprint density at radius 3 is 2.54 bits per heavy atom. The average molecular weight is 475 g/mol. The van der Waals surface area contributed by atoms with Gasteiger partial charge in [0.05, 0.1) is 17.9 Å². The van der Waals surface area contributed by atoms with Gasteiger partial charge in [-0.3, -0.25) is 24.1 Å². The van der Waals surface area contributed by atoms with E-state index in [9.17, 15) is 19.2 Å². The number of benzene rings is 2. The Balaban J connectivity index is 1.54. The van der Waals surface area contributed by atoms with Gasteiger partial charge in [-0.2, -0.15) is 0 Å². The molecule has 180 valence electrons. The van der Waals surface area contributed by atoms with Crippen LogP contribution in [0.2, 0.25) is 0 Å². The molecule has 2 heterocycles. The largest absolute Gasteiger partial charge is 0.482 e. The Morgan fingerprint density at radius 1 is 1.11 bits per heavy atom. The van der Waals surface area contributed by atoms with Gasteiger partial charge in [0.2, 0.25) is 0 Å². The quantitative estimate of drug-likeness (QED) is 0.600. The van der Waals surface area contributed by atoms with Crippen LogP contribution in [-0.4, -0.2) is 53.1 Å². The third kappa shape index (κ3) is 4.40. The molecule has 0 aliphatic carbocycles. The van der Waals surface area contributed by atoms with Gasteiger partial charge >= 0.3 is 0 Å². The number of carbonyl (C=O) groups is 4. The Kier molecular flexibility index (Phi) is 6.42. The molecule has 2 aromatic rings. The lowest BCUT2D eigenvalue weighted by atomic mass is 9.96. The van der Waals surface area contributed by atoms with E-state index in [2.05, 4.69) is 23.8 Å². The molecule has 4 amide bonds. The maximum Gasteiger partial charge on any atom is 0.271 e. The van der Waals surface area contributed by atoms with Gasteiger partial charge in [0, 0.05) is 18.7 Å². The molecule has 0 bridgehead atoms. The summed E-state index contributed by atoms with van der Waals surface area (Å²) in [5.74, 6) is -1.09. The third-order valence-corrected chi connectivity index (χ3v) is 6.05. The summed E-state index contributed by atoms with van der Waals surface area (Å²) >= 11 is 0. The van der Waals surface area contributed by atoms with Gasteiger partial charge in [0.1, 0.15) is 11.4 Å². The number of nitrogens with one attached hydrogen (secondary N) is 2. The molecule has 2 aliphatic rings. The van der Waals surface area contributed by atoms with E-state index in [1.54, 1.807) is 18.2 Å². The summed E-state index contributed by atoms with van der Waals surface area (Å²) in [6.07, 6.45) is 0. The number of nitrogens with zero attached hydrogens (tertiary/aromatic N) is 2. The molecule has 2 aromatic carbocycles. The van der Waals surface area contributed by atoms with Crippen LogP contribution in [-0.2, 0) is 20.9 Å². The van der Waals surface area contributed by atoms with Crippen LogP contribution in [0, 0.1) is 0 Å². The highest BCUT2D eigenvalue weighted by atomic mass is 16.5. The van der Waals surface area contributed by atoms with Crippen molar-refractivity contribution in [1.82, 2.24) is 15.1 Å². The van der Waals surface area contributed by atoms with Crippen molar-refractivity contribution < 1.29 is 23.9 Å². The minimum Gasteiger partial charge on any atom is -0.482 e. The molecule has 0 saturated carbocycles. The zero-order valence-electron chi connectivity index (χ0n) is 19.6. The minimum absolute atomic E-state index is 0.0629. The van der Waals surface area contributed by atoms with Gasteiger partial charge in [0.25, 0.3) is 23.6 Å². The third-order valence-electron chi connectivity index (χ3n) is 6.05. The van der Waals surface area contributed by atoms with Gasteiger partial charge in [-0.1, -0.05) is 31.4 Å². The van der Waals surface area contributed by atoms with E-state index in [1.807, 2.05) is 32.0 Å². The van der Waals surface area contributed by atoms with Crippen molar-refractivity contribution in [1.29, 1.82) is 0 Å². The lowest BCUT2D eigenvalue weighted by molar-refractivity contribution is -0.129. The van der Waals surface area contributed by atoms with Crippen molar-refractivity contribution in [2.45, 2.75) is 20.4 Å². The summed E-state index contributed by atoms with van der Waals surface area (Å²) in [5, 5.41) is 5.22. The van der Waals surface area contributed by atoms with E-state index >= 15 is 0 Å². The van der Waals surface area contributed by atoms with Gasteiger partial charge in [-0.15, -0.1) is 0 Å². The Hall–Kier alpha value is -4.40. The Bertz CT molecular complexity index is 1280. The second-order valence-corrected chi connectivity index (χ2v) is 8.13. The van der Waals surface area contributed by atoms with E-state index < -0.39 is 5.91 Å². The molecule has 0 fully saturated rings. The molecule has 0 radical (unpaired) electrons. The van der Waals surface area contributed by atoms with Crippen molar-refractivity contribution in [3.05, 3.63) is 72.1 Å². The predicted octanol–water partition coefficient (Wildman–Crippen LogP) is 2.65. The molecule has 0 spiro atoms. The number of fused-ring (bicyclic) bond motifs is 2. The molecular formula is C26H26N4O5. The summed E-state index contributed by atoms with van der Waals surface area (Å²) < 4.78 is 5.52. The fraction of sp³-hybridized carbons (Fsp3) is 0.231. The molecule has 4 rings (SSSR count). The van der Waals surface area contributed by atoms with Crippen LogP contribution >= 0.6 is 0 Å². The SMILES string of the molecule is C=C(NC(=O)C(=C)N1Cc2c(cccc2-c2ccc3c(c2)OCC(=O)N3)C1=O)C(=O)N(CC)CC. The molecule has 2 aliphatic heterocycles. The lowest BCUT2D eigenvalue weighted by Crippen LogP contribution is -2.40. The number of amides is 4. The van der Waals surface area contributed by atoms with Crippen LogP contribution in [0.15, 0.2) is 61.0 Å². The molecule has 9 heteroatoms. The molecule has 0 atom stereocenters. The van der Waals surface area contributed by atoms with E-state index in [0.29, 0.717) is 30.1 Å². The fourth-order valence-corrected chi connectivity index (χ4v) is 4.15. The van der Waals surface area contributed by atoms with Crippen molar-refractivity contribution in [2.75, 3.05) is 25.0 Å². The van der Waals surface area contributed by atoms with Crippen molar-refractivity contribution in [3.8, 4) is 16.9 Å². The van der Waals surface area contributed by atoms with E-state index in [4.69, 9.17) is 4.74 Å². The van der Waals surface area contributed by atoms with Gasteiger partial charge in [0.15, 0.2) is 6.61 Å². The van der Waals surface area contributed by atoms with Crippen LogP contribution in [0.25, 0.3) is 11.1 Å². The first kappa shape index (κ1) is 23.7. The number of hydrogen-bond donors (Lipinski definition) is 2. The number of ether oxygens (including phenoxy) is 1. The van der Waals surface area contributed by atoms with Crippen LogP contribution in [0.3, 0.4) is 0 Å². The molecule has 0 aromatic heterocycles. The normalized spacial score (nSPS) is 13.8. The summed E-state index contributed by atoms with van der Waals surface area (Å²) in [5.41, 5.74) is 3.23. The first-order chi connectivity index (χ1) is 16.7. The highest BCUT2D eigenvalue weighted by Gasteiger charge is 2.34. The minimum atomic E-state index is -0.670. The van der Waals surface area contributed by atoms with Gasteiger partial charge in [-0.05, 0) is 48.7 Å². The van der Waals surface area contributed by atoms with E-state index in [-0.39, 0.29) is 42.3 Å². The second-order valence-electron chi connectivity index (χ2n) is 8.13. The maximum atomic E-state index is 13.1. The summed E-state index contributed by atoms with van der Waals surface area (Å²) in [6, 6.07) is 10.7. The highest BCUT2D eigenvalue weighted by molar-refractivity contribution is 6.08. The number of rotatable bonds is 7. The summed E-state index contributed by atoms with van der Waals surface area (Å²) in [7, 11) is 0.